The zero-order chi connectivity index (χ0) is 10.3. The second-order valence-electron chi connectivity index (χ2n) is 4.62. The van der Waals surface area contributed by atoms with Gasteiger partial charge in [-0.05, 0) is 19.8 Å². The molecule has 2 aliphatic heterocycles. The lowest BCUT2D eigenvalue weighted by Crippen LogP contribution is -2.43. The van der Waals surface area contributed by atoms with E-state index in [1.807, 2.05) is 13.8 Å². The molecule has 0 aromatic heterocycles. The Morgan fingerprint density at radius 1 is 1.64 bits per heavy atom. The van der Waals surface area contributed by atoms with Gasteiger partial charge in [0.2, 0.25) is 0 Å². The van der Waals surface area contributed by atoms with E-state index in [1.165, 1.54) is 0 Å². The van der Waals surface area contributed by atoms with Gasteiger partial charge in [-0.2, -0.15) is 0 Å². The number of rotatable bonds is 2. The van der Waals surface area contributed by atoms with Gasteiger partial charge in [-0.1, -0.05) is 6.92 Å². The average molecular weight is 198 g/mol. The highest BCUT2D eigenvalue weighted by molar-refractivity contribution is 5.88. The van der Waals surface area contributed by atoms with Gasteiger partial charge in [0.05, 0.1) is 12.2 Å². The molecule has 2 saturated heterocycles. The molecule has 0 aromatic carbocycles. The molecule has 2 bridgehead atoms. The molecule has 0 radical (unpaired) electrons. The normalized spacial score (nSPS) is 47.1. The summed E-state index contributed by atoms with van der Waals surface area (Å²) in [6.45, 7) is 6.64. The average Bonchev–Trinajstić information content (AvgIpc) is 2.40. The zero-order valence-corrected chi connectivity index (χ0v) is 9.08. The summed E-state index contributed by atoms with van der Waals surface area (Å²) in [6.07, 6.45) is 1.61. The van der Waals surface area contributed by atoms with E-state index in [0.717, 1.165) is 6.42 Å². The molecular weight excluding hydrogens is 180 g/mol. The highest BCUT2D eigenvalue weighted by Gasteiger charge is 2.54. The molecule has 0 aliphatic carbocycles. The van der Waals surface area contributed by atoms with E-state index < -0.39 is 5.60 Å². The summed E-state index contributed by atoms with van der Waals surface area (Å²) in [5.41, 5.74) is -0.559. The largest absolute Gasteiger partial charge is 0.376 e. The molecule has 3 nitrogen and oxygen atoms in total. The van der Waals surface area contributed by atoms with Crippen molar-refractivity contribution >= 4 is 5.78 Å². The number of hydrogen-bond acceptors (Lipinski definition) is 3. The zero-order valence-electron chi connectivity index (χ0n) is 9.08. The van der Waals surface area contributed by atoms with Crippen LogP contribution < -0.4 is 0 Å². The van der Waals surface area contributed by atoms with Crippen LogP contribution in [-0.4, -0.2) is 30.2 Å². The van der Waals surface area contributed by atoms with Crippen LogP contribution in [0.5, 0.6) is 0 Å². The van der Waals surface area contributed by atoms with Crippen molar-refractivity contribution in [3.05, 3.63) is 0 Å². The van der Waals surface area contributed by atoms with Crippen molar-refractivity contribution in [2.24, 2.45) is 5.92 Å². The maximum atomic E-state index is 11.8. The fourth-order valence-corrected chi connectivity index (χ4v) is 2.58. The number of hydrogen-bond donors (Lipinski definition) is 0. The number of ether oxygens (including phenoxy) is 2. The fourth-order valence-electron chi connectivity index (χ4n) is 2.58. The molecule has 0 spiro atoms. The lowest BCUT2D eigenvalue weighted by atomic mass is 9.91. The van der Waals surface area contributed by atoms with E-state index >= 15 is 0 Å². The van der Waals surface area contributed by atoms with Crippen LogP contribution in [0.15, 0.2) is 0 Å². The topological polar surface area (TPSA) is 35.5 Å². The first kappa shape index (κ1) is 10.1. The Morgan fingerprint density at radius 3 is 3.00 bits per heavy atom. The van der Waals surface area contributed by atoms with Gasteiger partial charge in [-0.25, -0.2) is 0 Å². The Labute approximate surface area is 84.8 Å². The van der Waals surface area contributed by atoms with Crippen molar-refractivity contribution in [3.8, 4) is 0 Å². The highest BCUT2D eigenvalue weighted by Crippen LogP contribution is 2.42. The maximum Gasteiger partial charge on any atom is 0.164 e. The Hall–Kier alpha value is -0.410. The van der Waals surface area contributed by atoms with E-state index in [2.05, 4.69) is 6.92 Å². The third kappa shape index (κ3) is 1.39. The molecule has 2 rings (SSSR count). The predicted octanol–water partition coefficient (Wildman–Crippen LogP) is 1.55. The molecule has 4 atom stereocenters. The Morgan fingerprint density at radius 2 is 2.36 bits per heavy atom. The summed E-state index contributed by atoms with van der Waals surface area (Å²) in [7, 11) is 0. The second kappa shape index (κ2) is 3.31. The molecule has 0 saturated carbocycles. The summed E-state index contributed by atoms with van der Waals surface area (Å²) in [4.78, 5) is 11.8. The first-order chi connectivity index (χ1) is 6.57. The van der Waals surface area contributed by atoms with Crippen LogP contribution in [0.2, 0.25) is 0 Å². The molecule has 14 heavy (non-hydrogen) atoms. The van der Waals surface area contributed by atoms with Crippen LogP contribution in [0.3, 0.4) is 0 Å². The van der Waals surface area contributed by atoms with E-state index in [-0.39, 0.29) is 18.0 Å². The van der Waals surface area contributed by atoms with Gasteiger partial charge in [-0.15, -0.1) is 0 Å². The van der Waals surface area contributed by atoms with Crippen molar-refractivity contribution in [2.45, 2.75) is 51.4 Å². The lowest BCUT2D eigenvalue weighted by molar-refractivity contribution is -0.157. The first-order valence-electron chi connectivity index (χ1n) is 5.39. The molecule has 4 unspecified atom stereocenters. The van der Waals surface area contributed by atoms with Crippen LogP contribution in [0.4, 0.5) is 0 Å². The van der Waals surface area contributed by atoms with Crippen molar-refractivity contribution in [1.82, 2.24) is 0 Å². The summed E-state index contributed by atoms with van der Waals surface area (Å²) >= 11 is 0. The van der Waals surface area contributed by atoms with E-state index in [9.17, 15) is 4.79 Å². The smallest absolute Gasteiger partial charge is 0.164 e. The SMILES string of the molecule is CCOC1CC2(C)OC1C(C)CC2=O. The summed E-state index contributed by atoms with van der Waals surface area (Å²) in [5, 5.41) is 0. The number of carbonyl (C=O) groups is 1. The van der Waals surface area contributed by atoms with Crippen LogP contribution in [0, 0.1) is 5.92 Å². The standard InChI is InChI=1S/C11H18O3/c1-4-13-8-6-11(3)9(12)5-7(2)10(8)14-11/h7-8,10H,4-6H2,1-3H3. The quantitative estimate of drug-likeness (QED) is 0.675. The van der Waals surface area contributed by atoms with E-state index in [0.29, 0.717) is 18.9 Å². The Kier molecular flexibility index (Phi) is 2.40. The minimum atomic E-state index is -0.559. The first-order valence-corrected chi connectivity index (χ1v) is 5.39. The molecule has 3 heteroatoms. The number of fused-ring (bicyclic) bond motifs is 2. The van der Waals surface area contributed by atoms with E-state index in [4.69, 9.17) is 9.47 Å². The molecule has 80 valence electrons. The minimum absolute atomic E-state index is 0.117. The second-order valence-corrected chi connectivity index (χ2v) is 4.62. The van der Waals surface area contributed by atoms with Crippen molar-refractivity contribution < 1.29 is 14.3 Å². The van der Waals surface area contributed by atoms with Gasteiger partial charge in [0.1, 0.15) is 5.60 Å². The van der Waals surface area contributed by atoms with Crippen LogP contribution in [0.25, 0.3) is 0 Å². The van der Waals surface area contributed by atoms with Gasteiger partial charge in [-0.3, -0.25) is 4.79 Å². The van der Waals surface area contributed by atoms with Gasteiger partial charge in [0.15, 0.2) is 5.78 Å². The van der Waals surface area contributed by atoms with E-state index in [1.54, 1.807) is 0 Å². The molecule has 0 amide bonds. The van der Waals surface area contributed by atoms with Gasteiger partial charge in [0, 0.05) is 19.4 Å². The summed E-state index contributed by atoms with van der Waals surface area (Å²) in [6, 6.07) is 0. The number of ketones is 1. The molecular formula is C11H18O3. The molecule has 0 N–H and O–H groups in total. The van der Waals surface area contributed by atoms with Gasteiger partial charge in [0.25, 0.3) is 0 Å². The summed E-state index contributed by atoms with van der Waals surface area (Å²) < 4.78 is 11.4. The van der Waals surface area contributed by atoms with Crippen LogP contribution >= 0.6 is 0 Å². The minimum Gasteiger partial charge on any atom is -0.376 e. The number of Topliss-reactive ketones (excluding diaryl/α,β-unsaturated/α-hetero) is 1. The third-order valence-electron chi connectivity index (χ3n) is 3.39. The monoisotopic (exact) mass is 198 g/mol. The number of carbonyl (C=O) groups excluding carboxylic acids is 1. The van der Waals surface area contributed by atoms with Crippen molar-refractivity contribution in [1.29, 1.82) is 0 Å². The van der Waals surface area contributed by atoms with Crippen molar-refractivity contribution in [3.63, 3.8) is 0 Å². The molecule has 0 aromatic rings. The third-order valence-corrected chi connectivity index (χ3v) is 3.39. The molecule has 2 fully saturated rings. The fraction of sp³-hybridized carbons (Fsp3) is 0.909. The van der Waals surface area contributed by atoms with Crippen LogP contribution in [0.1, 0.15) is 33.6 Å². The highest BCUT2D eigenvalue weighted by atomic mass is 16.6. The summed E-state index contributed by atoms with van der Waals surface area (Å²) in [5.74, 6) is 0.540. The molecule has 2 aliphatic rings. The van der Waals surface area contributed by atoms with Crippen LogP contribution in [-0.2, 0) is 14.3 Å². The maximum absolute atomic E-state index is 11.8. The van der Waals surface area contributed by atoms with Crippen molar-refractivity contribution in [2.75, 3.05) is 6.61 Å². The lowest BCUT2D eigenvalue weighted by Gasteiger charge is -2.32. The molecule has 2 heterocycles. The van der Waals surface area contributed by atoms with Gasteiger partial charge < -0.3 is 9.47 Å². The van der Waals surface area contributed by atoms with Gasteiger partial charge >= 0.3 is 0 Å². The predicted molar refractivity (Wildman–Crippen MR) is 52.1 cm³/mol. The Balaban J connectivity index is 2.18. The Bertz CT molecular complexity index is 251.